The Balaban J connectivity index is 1.71. The fourth-order valence-corrected chi connectivity index (χ4v) is 3.95. The summed E-state index contributed by atoms with van der Waals surface area (Å²) in [5.74, 6) is 0.729. The van der Waals surface area contributed by atoms with Gasteiger partial charge in [-0.1, -0.05) is 69.5 Å². The quantitative estimate of drug-likeness (QED) is 0.190. The maximum absolute atomic E-state index is 10.9. The second-order valence-corrected chi connectivity index (χ2v) is 8.80. The minimum absolute atomic E-state index is 0.0587. The van der Waals surface area contributed by atoms with Crippen LogP contribution in [0.15, 0.2) is 77.4 Å². The van der Waals surface area contributed by atoms with Crippen molar-refractivity contribution in [2.24, 2.45) is 0 Å². The van der Waals surface area contributed by atoms with E-state index in [0.29, 0.717) is 22.3 Å². The molecule has 0 saturated carbocycles. The van der Waals surface area contributed by atoms with Crippen molar-refractivity contribution in [3.8, 4) is 11.3 Å². The minimum Gasteiger partial charge on any atom is -0.326 e. The standard InChI is InChI=1S/C24H16BrCl2N3O2/c25-18-6-1-16(2-7-18)5-12-24-28-23(21-11-8-19(26)13-22(21)27)15-29(24)14-17-3-9-20(10-4-17)30(31)32/h1-13,15H,14H2. The van der Waals surface area contributed by atoms with Gasteiger partial charge in [-0.2, -0.15) is 0 Å². The van der Waals surface area contributed by atoms with Crippen molar-refractivity contribution < 1.29 is 4.92 Å². The number of rotatable bonds is 6. The molecule has 0 aliphatic heterocycles. The van der Waals surface area contributed by atoms with Crippen molar-refractivity contribution in [1.82, 2.24) is 9.55 Å². The second kappa shape index (κ2) is 9.69. The molecule has 0 fully saturated rings. The number of nitro groups is 1. The number of benzene rings is 3. The Morgan fingerprint density at radius 1 is 1.00 bits per heavy atom. The molecule has 0 amide bonds. The maximum atomic E-state index is 10.9. The largest absolute Gasteiger partial charge is 0.326 e. The molecule has 0 atom stereocenters. The molecule has 0 aliphatic rings. The van der Waals surface area contributed by atoms with E-state index in [4.69, 9.17) is 28.2 Å². The summed E-state index contributed by atoms with van der Waals surface area (Å²) in [5, 5.41) is 12.0. The Bertz CT molecular complexity index is 1300. The predicted molar refractivity (Wildman–Crippen MR) is 133 cm³/mol. The molecule has 0 spiro atoms. The van der Waals surface area contributed by atoms with Gasteiger partial charge >= 0.3 is 0 Å². The van der Waals surface area contributed by atoms with Gasteiger partial charge in [-0.3, -0.25) is 10.1 Å². The first-order valence-corrected chi connectivity index (χ1v) is 11.1. The highest BCUT2D eigenvalue weighted by Gasteiger charge is 2.12. The van der Waals surface area contributed by atoms with Crippen LogP contribution < -0.4 is 0 Å². The van der Waals surface area contributed by atoms with Gasteiger partial charge in [0.2, 0.25) is 0 Å². The SMILES string of the molecule is O=[N+]([O-])c1ccc(Cn2cc(-c3ccc(Cl)cc3Cl)nc2C=Cc2ccc(Br)cc2)cc1. The number of nitrogens with zero attached hydrogens (tertiary/aromatic N) is 3. The number of halogens is 3. The third kappa shape index (κ3) is 5.27. The number of imidazole rings is 1. The Kier molecular flexibility index (Phi) is 6.74. The highest BCUT2D eigenvalue weighted by molar-refractivity contribution is 9.10. The molecule has 4 aromatic rings. The van der Waals surface area contributed by atoms with Crippen molar-refractivity contribution in [1.29, 1.82) is 0 Å². The average molecular weight is 529 g/mol. The number of hydrogen-bond acceptors (Lipinski definition) is 3. The fourth-order valence-electron chi connectivity index (χ4n) is 3.18. The van der Waals surface area contributed by atoms with Gasteiger partial charge in [0.15, 0.2) is 0 Å². The molecule has 0 saturated heterocycles. The van der Waals surface area contributed by atoms with E-state index in [0.717, 1.165) is 27.0 Å². The van der Waals surface area contributed by atoms with E-state index in [1.165, 1.54) is 12.1 Å². The summed E-state index contributed by atoms with van der Waals surface area (Å²) in [7, 11) is 0. The van der Waals surface area contributed by atoms with Crippen LogP contribution in [0.25, 0.3) is 23.4 Å². The first-order chi connectivity index (χ1) is 15.4. The molecule has 32 heavy (non-hydrogen) atoms. The first-order valence-electron chi connectivity index (χ1n) is 9.58. The lowest BCUT2D eigenvalue weighted by Gasteiger charge is -2.05. The molecular weight excluding hydrogens is 513 g/mol. The topological polar surface area (TPSA) is 61.0 Å². The van der Waals surface area contributed by atoms with E-state index in [2.05, 4.69) is 15.9 Å². The van der Waals surface area contributed by atoms with Crippen molar-refractivity contribution in [2.75, 3.05) is 0 Å². The number of aromatic nitrogens is 2. The van der Waals surface area contributed by atoms with Gasteiger partial charge in [0.25, 0.3) is 5.69 Å². The molecule has 4 rings (SSSR count). The molecule has 160 valence electrons. The Labute approximate surface area is 203 Å². The van der Waals surface area contributed by atoms with Crippen LogP contribution in [-0.4, -0.2) is 14.5 Å². The monoisotopic (exact) mass is 527 g/mol. The molecule has 0 N–H and O–H groups in total. The van der Waals surface area contributed by atoms with Crippen LogP contribution in [0.4, 0.5) is 5.69 Å². The molecule has 1 aromatic heterocycles. The lowest BCUT2D eigenvalue weighted by atomic mass is 10.2. The van der Waals surface area contributed by atoms with Crippen molar-refractivity contribution >= 4 is 57.0 Å². The van der Waals surface area contributed by atoms with Crippen LogP contribution >= 0.6 is 39.1 Å². The van der Waals surface area contributed by atoms with Gasteiger partial charge in [0.05, 0.1) is 15.6 Å². The smallest absolute Gasteiger partial charge is 0.269 e. The van der Waals surface area contributed by atoms with Crippen molar-refractivity contribution in [3.63, 3.8) is 0 Å². The Morgan fingerprint density at radius 3 is 2.38 bits per heavy atom. The summed E-state index contributed by atoms with van der Waals surface area (Å²) in [4.78, 5) is 15.3. The molecule has 0 unspecified atom stereocenters. The fraction of sp³-hybridized carbons (Fsp3) is 0.0417. The van der Waals surface area contributed by atoms with Crippen LogP contribution in [0.1, 0.15) is 17.0 Å². The van der Waals surface area contributed by atoms with Gasteiger partial charge in [-0.25, -0.2) is 4.98 Å². The Morgan fingerprint density at radius 2 is 1.72 bits per heavy atom. The van der Waals surface area contributed by atoms with E-state index in [1.807, 2.05) is 53.2 Å². The highest BCUT2D eigenvalue weighted by Crippen LogP contribution is 2.30. The maximum Gasteiger partial charge on any atom is 0.269 e. The molecule has 5 nitrogen and oxygen atoms in total. The van der Waals surface area contributed by atoms with E-state index in [1.54, 1.807) is 24.3 Å². The molecule has 0 radical (unpaired) electrons. The van der Waals surface area contributed by atoms with Crippen molar-refractivity contribution in [3.05, 3.63) is 115 Å². The van der Waals surface area contributed by atoms with Gasteiger partial charge in [0.1, 0.15) is 5.82 Å². The van der Waals surface area contributed by atoms with Gasteiger partial charge in [-0.15, -0.1) is 0 Å². The predicted octanol–water partition coefficient (Wildman–Crippen LogP) is 7.75. The molecule has 0 bridgehead atoms. The number of hydrogen-bond donors (Lipinski definition) is 0. The summed E-state index contributed by atoms with van der Waals surface area (Å²) in [6.45, 7) is 0.496. The third-order valence-corrected chi connectivity index (χ3v) is 5.89. The van der Waals surface area contributed by atoms with E-state index < -0.39 is 4.92 Å². The van der Waals surface area contributed by atoms with E-state index >= 15 is 0 Å². The summed E-state index contributed by atoms with van der Waals surface area (Å²) < 4.78 is 2.99. The lowest BCUT2D eigenvalue weighted by Crippen LogP contribution is -2.01. The zero-order chi connectivity index (χ0) is 22.7. The van der Waals surface area contributed by atoms with Crippen LogP contribution in [0.5, 0.6) is 0 Å². The average Bonchev–Trinajstić information content (AvgIpc) is 3.16. The van der Waals surface area contributed by atoms with Crippen LogP contribution in [0.2, 0.25) is 10.0 Å². The van der Waals surface area contributed by atoms with Crippen molar-refractivity contribution in [2.45, 2.75) is 6.54 Å². The molecule has 1 heterocycles. The van der Waals surface area contributed by atoms with E-state index in [9.17, 15) is 10.1 Å². The number of non-ortho nitro benzene ring substituents is 1. The Hall–Kier alpha value is -2.93. The van der Waals surface area contributed by atoms with Gasteiger partial charge in [0, 0.05) is 39.9 Å². The van der Waals surface area contributed by atoms with Crippen LogP contribution in [-0.2, 0) is 6.54 Å². The second-order valence-electron chi connectivity index (χ2n) is 7.04. The molecule has 3 aromatic carbocycles. The minimum atomic E-state index is -0.409. The lowest BCUT2D eigenvalue weighted by molar-refractivity contribution is -0.384. The summed E-state index contributed by atoms with van der Waals surface area (Å²) in [5.41, 5.74) is 3.49. The molecule has 8 heteroatoms. The summed E-state index contributed by atoms with van der Waals surface area (Å²) in [6, 6.07) is 19.7. The van der Waals surface area contributed by atoms with Gasteiger partial charge < -0.3 is 4.57 Å². The third-order valence-electron chi connectivity index (χ3n) is 4.81. The summed E-state index contributed by atoms with van der Waals surface area (Å²) >= 11 is 15.9. The van der Waals surface area contributed by atoms with Crippen LogP contribution in [0.3, 0.4) is 0 Å². The van der Waals surface area contributed by atoms with Gasteiger partial charge in [-0.05, 0) is 47.5 Å². The highest BCUT2D eigenvalue weighted by atomic mass is 79.9. The molecular formula is C24H16BrCl2N3O2. The molecule has 0 aliphatic carbocycles. The number of nitro benzene ring substituents is 1. The first kappa shape index (κ1) is 22.3. The zero-order valence-electron chi connectivity index (χ0n) is 16.6. The van der Waals surface area contributed by atoms with E-state index in [-0.39, 0.29) is 5.69 Å². The zero-order valence-corrected chi connectivity index (χ0v) is 19.7. The normalized spacial score (nSPS) is 11.2. The van der Waals surface area contributed by atoms with Crippen LogP contribution in [0, 0.1) is 10.1 Å². The summed E-state index contributed by atoms with van der Waals surface area (Å²) in [6.07, 6.45) is 5.83.